The van der Waals surface area contributed by atoms with Crippen LogP contribution in [0.15, 0.2) is 18.2 Å². The maximum Gasteiger partial charge on any atom is 0.227 e. The largest absolute Gasteiger partial charge is 0.312 e. The molecule has 1 aliphatic heterocycles. The zero-order valence-electron chi connectivity index (χ0n) is 8.71. The van der Waals surface area contributed by atoms with Gasteiger partial charge in [0.1, 0.15) is 0 Å². The number of anilines is 1. The van der Waals surface area contributed by atoms with Gasteiger partial charge in [0.15, 0.2) is 0 Å². The third-order valence-corrected chi connectivity index (χ3v) is 2.75. The molecule has 0 saturated heterocycles. The van der Waals surface area contributed by atoms with Crippen LogP contribution in [0.3, 0.4) is 0 Å². The van der Waals surface area contributed by atoms with E-state index in [0.717, 1.165) is 18.7 Å². The monoisotopic (exact) mass is 189 g/mol. The number of nitrogens with zero attached hydrogens (tertiary/aromatic N) is 1. The zero-order chi connectivity index (χ0) is 10.1. The van der Waals surface area contributed by atoms with Crippen LogP contribution < -0.4 is 4.90 Å². The quantitative estimate of drug-likeness (QED) is 0.663. The van der Waals surface area contributed by atoms with Crippen molar-refractivity contribution in [3.63, 3.8) is 0 Å². The lowest BCUT2D eigenvalue weighted by atomic mass is 9.99. The normalized spacial score (nSPS) is 15.6. The van der Waals surface area contributed by atoms with Crippen LogP contribution in [0.1, 0.15) is 24.5 Å². The number of aryl methyl sites for hydroxylation is 2. The fourth-order valence-electron chi connectivity index (χ4n) is 2.04. The molecule has 14 heavy (non-hydrogen) atoms. The van der Waals surface area contributed by atoms with Crippen LogP contribution in [0.5, 0.6) is 0 Å². The Bertz CT molecular complexity index is 371. The number of rotatable bonds is 1. The second-order valence-corrected chi connectivity index (χ2v) is 3.77. The van der Waals surface area contributed by atoms with Crippen LogP contribution in [-0.4, -0.2) is 12.5 Å². The first kappa shape index (κ1) is 9.25. The highest BCUT2D eigenvalue weighted by atomic mass is 16.2. The van der Waals surface area contributed by atoms with Crippen LogP contribution in [-0.2, 0) is 11.2 Å². The minimum Gasteiger partial charge on any atom is -0.312 e. The summed E-state index contributed by atoms with van der Waals surface area (Å²) in [5, 5.41) is 0. The number of carbonyl (C=O) groups excluding carboxylic acids is 1. The molecule has 0 bridgehead atoms. The van der Waals surface area contributed by atoms with E-state index >= 15 is 0 Å². The Balaban J connectivity index is 2.47. The molecular formula is C12H15NO. The molecule has 1 aliphatic rings. The molecule has 0 aliphatic carbocycles. The molecule has 2 nitrogen and oxygen atoms in total. The van der Waals surface area contributed by atoms with E-state index in [-0.39, 0.29) is 5.91 Å². The van der Waals surface area contributed by atoms with Crippen molar-refractivity contribution in [1.82, 2.24) is 0 Å². The van der Waals surface area contributed by atoms with Crippen LogP contribution in [0.2, 0.25) is 0 Å². The van der Waals surface area contributed by atoms with Gasteiger partial charge in [0.25, 0.3) is 0 Å². The average Bonchev–Trinajstić information content (AvgIpc) is 2.18. The molecule has 1 amide bonds. The van der Waals surface area contributed by atoms with E-state index in [1.807, 2.05) is 11.8 Å². The maximum absolute atomic E-state index is 11.6. The minimum absolute atomic E-state index is 0.254. The topological polar surface area (TPSA) is 20.3 Å². The molecule has 0 aromatic heterocycles. The first-order chi connectivity index (χ1) is 6.72. The number of benzene rings is 1. The van der Waals surface area contributed by atoms with Gasteiger partial charge in [-0.1, -0.05) is 17.7 Å². The Labute approximate surface area is 84.5 Å². The molecular weight excluding hydrogens is 174 g/mol. The summed E-state index contributed by atoms with van der Waals surface area (Å²) in [6, 6.07) is 6.32. The SMILES string of the molecule is CCN1C(=O)CCc2cc(C)ccc21. The number of hydrogen-bond acceptors (Lipinski definition) is 1. The van der Waals surface area contributed by atoms with Crippen molar-refractivity contribution < 1.29 is 4.79 Å². The summed E-state index contributed by atoms with van der Waals surface area (Å²) in [5.74, 6) is 0.254. The molecule has 0 N–H and O–H groups in total. The molecule has 0 radical (unpaired) electrons. The molecule has 2 heteroatoms. The molecule has 2 rings (SSSR count). The highest BCUT2D eigenvalue weighted by Crippen LogP contribution is 2.28. The molecule has 74 valence electrons. The van der Waals surface area contributed by atoms with Crippen molar-refractivity contribution >= 4 is 11.6 Å². The second-order valence-electron chi connectivity index (χ2n) is 3.77. The van der Waals surface area contributed by atoms with Crippen molar-refractivity contribution in [2.75, 3.05) is 11.4 Å². The Hall–Kier alpha value is -1.31. The minimum atomic E-state index is 0.254. The summed E-state index contributed by atoms with van der Waals surface area (Å²) >= 11 is 0. The Morgan fingerprint density at radius 1 is 1.36 bits per heavy atom. The van der Waals surface area contributed by atoms with Gasteiger partial charge in [-0.2, -0.15) is 0 Å². The molecule has 0 atom stereocenters. The van der Waals surface area contributed by atoms with Crippen molar-refractivity contribution in [3.8, 4) is 0 Å². The highest BCUT2D eigenvalue weighted by Gasteiger charge is 2.22. The van der Waals surface area contributed by atoms with Gasteiger partial charge >= 0.3 is 0 Å². The summed E-state index contributed by atoms with van der Waals surface area (Å²) in [7, 11) is 0. The fraction of sp³-hybridized carbons (Fsp3) is 0.417. The van der Waals surface area contributed by atoms with Crippen molar-refractivity contribution in [2.24, 2.45) is 0 Å². The second kappa shape index (κ2) is 3.45. The maximum atomic E-state index is 11.6. The van der Waals surface area contributed by atoms with Gasteiger partial charge in [0.05, 0.1) is 0 Å². The number of amides is 1. The van der Waals surface area contributed by atoms with Crippen LogP contribution in [0, 0.1) is 6.92 Å². The summed E-state index contributed by atoms with van der Waals surface area (Å²) in [6.45, 7) is 4.88. The first-order valence-electron chi connectivity index (χ1n) is 5.12. The molecule has 0 saturated carbocycles. The number of fused-ring (bicyclic) bond motifs is 1. The van der Waals surface area contributed by atoms with Crippen LogP contribution in [0.25, 0.3) is 0 Å². The van der Waals surface area contributed by atoms with E-state index < -0.39 is 0 Å². The molecule has 1 heterocycles. The van der Waals surface area contributed by atoms with Gasteiger partial charge < -0.3 is 4.90 Å². The number of carbonyl (C=O) groups is 1. The van der Waals surface area contributed by atoms with E-state index in [1.54, 1.807) is 0 Å². The average molecular weight is 189 g/mol. The van der Waals surface area contributed by atoms with Crippen LogP contribution in [0.4, 0.5) is 5.69 Å². The first-order valence-corrected chi connectivity index (χ1v) is 5.12. The van der Waals surface area contributed by atoms with Crippen molar-refractivity contribution in [3.05, 3.63) is 29.3 Å². The zero-order valence-corrected chi connectivity index (χ0v) is 8.71. The third-order valence-electron chi connectivity index (χ3n) is 2.75. The van der Waals surface area contributed by atoms with Gasteiger partial charge in [-0.15, -0.1) is 0 Å². The van der Waals surface area contributed by atoms with Gasteiger partial charge in [-0.05, 0) is 31.9 Å². The predicted molar refractivity (Wildman–Crippen MR) is 57.5 cm³/mol. The van der Waals surface area contributed by atoms with E-state index in [2.05, 4.69) is 25.1 Å². The summed E-state index contributed by atoms with van der Waals surface area (Å²) in [6.07, 6.45) is 1.55. The van der Waals surface area contributed by atoms with E-state index in [4.69, 9.17) is 0 Å². The Morgan fingerprint density at radius 3 is 2.86 bits per heavy atom. The van der Waals surface area contributed by atoms with Gasteiger partial charge in [0, 0.05) is 18.7 Å². The predicted octanol–water partition coefficient (Wildman–Crippen LogP) is 2.29. The van der Waals surface area contributed by atoms with E-state index in [1.165, 1.54) is 11.1 Å². The third kappa shape index (κ3) is 1.41. The fourth-order valence-corrected chi connectivity index (χ4v) is 2.04. The van der Waals surface area contributed by atoms with Gasteiger partial charge in [-0.3, -0.25) is 4.79 Å². The lowest BCUT2D eigenvalue weighted by molar-refractivity contribution is -0.118. The van der Waals surface area contributed by atoms with Gasteiger partial charge in [-0.25, -0.2) is 0 Å². The molecule has 0 unspecified atom stereocenters. The molecule has 1 aromatic rings. The molecule has 0 fully saturated rings. The summed E-state index contributed by atoms with van der Waals surface area (Å²) in [4.78, 5) is 13.5. The summed E-state index contributed by atoms with van der Waals surface area (Å²) in [5.41, 5.74) is 3.69. The lowest BCUT2D eigenvalue weighted by Crippen LogP contribution is -2.34. The lowest BCUT2D eigenvalue weighted by Gasteiger charge is -2.28. The highest BCUT2D eigenvalue weighted by molar-refractivity contribution is 5.96. The standard InChI is InChI=1S/C12H15NO/c1-3-13-11-6-4-9(2)8-10(11)5-7-12(13)14/h4,6,8H,3,5,7H2,1-2H3. The molecule has 1 aromatic carbocycles. The Kier molecular flexibility index (Phi) is 2.28. The smallest absolute Gasteiger partial charge is 0.227 e. The van der Waals surface area contributed by atoms with Gasteiger partial charge in [0.2, 0.25) is 5.91 Å². The van der Waals surface area contributed by atoms with E-state index in [0.29, 0.717) is 6.42 Å². The number of hydrogen-bond donors (Lipinski definition) is 0. The summed E-state index contributed by atoms with van der Waals surface area (Å²) < 4.78 is 0. The Morgan fingerprint density at radius 2 is 2.14 bits per heavy atom. The van der Waals surface area contributed by atoms with Crippen molar-refractivity contribution in [1.29, 1.82) is 0 Å². The van der Waals surface area contributed by atoms with Crippen molar-refractivity contribution in [2.45, 2.75) is 26.7 Å². The van der Waals surface area contributed by atoms with E-state index in [9.17, 15) is 4.79 Å². The van der Waals surface area contributed by atoms with Crippen LogP contribution >= 0.6 is 0 Å². The molecule has 0 spiro atoms.